The second-order valence-electron chi connectivity index (χ2n) is 4.45. The van der Waals surface area contributed by atoms with Crippen LogP contribution in [-0.4, -0.2) is 5.11 Å². The molecular formula is C12H16BrNO. The molecule has 2 rings (SSSR count). The van der Waals surface area contributed by atoms with E-state index in [2.05, 4.69) is 15.9 Å². The van der Waals surface area contributed by atoms with Crippen molar-refractivity contribution in [2.75, 3.05) is 0 Å². The summed E-state index contributed by atoms with van der Waals surface area (Å²) in [5.41, 5.74) is 7.80. The average molecular weight is 270 g/mol. The molecule has 0 unspecified atom stereocenters. The van der Waals surface area contributed by atoms with Crippen molar-refractivity contribution in [3.8, 4) is 5.75 Å². The van der Waals surface area contributed by atoms with Gasteiger partial charge in [0.1, 0.15) is 5.75 Å². The molecule has 0 amide bonds. The van der Waals surface area contributed by atoms with E-state index in [1.54, 1.807) is 0 Å². The lowest BCUT2D eigenvalue weighted by Gasteiger charge is -2.27. The van der Waals surface area contributed by atoms with Gasteiger partial charge in [0.15, 0.2) is 0 Å². The summed E-state index contributed by atoms with van der Waals surface area (Å²) in [6.07, 6.45) is 4.22. The first-order chi connectivity index (χ1) is 7.04. The number of nitrogens with two attached hydrogens (primary N) is 1. The van der Waals surface area contributed by atoms with Crippen molar-refractivity contribution in [1.82, 2.24) is 0 Å². The number of phenolic OH excluding ortho intramolecular Hbond substituents is 1. The highest BCUT2D eigenvalue weighted by Gasteiger charge is 2.35. The van der Waals surface area contributed by atoms with Crippen LogP contribution in [0.15, 0.2) is 16.6 Å². The van der Waals surface area contributed by atoms with Crippen molar-refractivity contribution in [1.29, 1.82) is 0 Å². The maximum absolute atomic E-state index is 10.1. The van der Waals surface area contributed by atoms with Crippen molar-refractivity contribution in [2.45, 2.75) is 38.1 Å². The van der Waals surface area contributed by atoms with Gasteiger partial charge in [0, 0.05) is 15.6 Å². The fourth-order valence-electron chi connectivity index (χ4n) is 2.40. The second-order valence-corrected chi connectivity index (χ2v) is 5.31. The van der Waals surface area contributed by atoms with Crippen LogP contribution in [0.1, 0.15) is 36.8 Å². The van der Waals surface area contributed by atoms with Crippen LogP contribution in [0.3, 0.4) is 0 Å². The van der Waals surface area contributed by atoms with Crippen LogP contribution in [0, 0.1) is 6.92 Å². The standard InChI is InChI=1S/C12H16BrNO/c1-8-4-5-9(13)10(11(8)15)12(14)6-2-3-7-12/h4-5,15H,2-3,6-7,14H2,1H3. The van der Waals surface area contributed by atoms with E-state index in [9.17, 15) is 5.11 Å². The van der Waals surface area contributed by atoms with E-state index in [0.717, 1.165) is 41.3 Å². The first-order valence-electron chi connectivity index (χ1n) is 5.32. The van der Waals surface area contributed by atoms with Gasteiger partial charge in [-0.1, -0.05) is 34.8 Å². The van der Waals surface area contributed by atoms with Gasteiger partial charge in [-0.15, -0.1) is 0 Å². The minimum atomic E-state index is -0.338. The SMILES string of the molecule is Cc1ccc(Br)c(C2(N)CCCC2)c1O. The van der Waals surface area contributed by atoms with E-state index in [1.165, 1.54) is 0 Å². The van der Waals surface area contributed by atoms with Gasteiger partial charge in [0.25, 0.3) is 0 Å². The minimum Gasteiger partial charge on any atom is -0.507 e. The van der Waals surface area contributed by atoms with Crippen LogP contribution >= 0.6 is 15.9 Å². The summed E-state index contributed by atoms with van der Waals surface area (Å²) >= 11 is 3.49. The van der Waals surface area contributed by atoms with Crippen LogP contribution in [0.2, 0.25) is 0 Å². The maximum atomic E-state index is 10.1. The Balaban J connectivity index is 2.55. The fraction of sp³-hybridized carbons (Fsp3) is 0.500. The minimum absolute atomic E-state index is 0.338. The molecule has 1 fully saturated rings. The molecule has 2 nitrogen and oxygen atoms in total. The monoisotopic (exact) mass is 269 g/mol. The van der Waals surface area contributed by atoms with E-state index in [1.807, 2.05) is 19.1 Å². The van der Waals surface area contributed by atoms with E-state index in [0.29, 0.717) is 5.75 Å². The second kappa shape index (κ2) is 3.80. The molecule has 1 aromatic carbocycles. The van der Waals surface area contributed by atoms with E-state index < -0.39 is 0 Å². The normalized spacial score (nSPS) is 19.4. The van der Waals surface area contributed by atoms with Crippen LogP contribution in [0.5, 0.6) is 5.75 Å². The van der Waals surface area contributed by atoms with Crippen molar-refractivity contribution in [3.63, 3.8) is 0 Å². The van der Waals surface area contributed by atoms with Gasteiger partial charge >= 0.3 is 0 Å². The molecule has 1 aliphatic carbocycles. The third kappa shape index (κ3) is 1.79. The lowest BCUT2D eigenvalue weighted by atomic mass is 9.87. The van der Waals surface area contributed by atoms with Gasteiger partial charge in [-0.05, 0) is 31.4 Å². The summed E-state index contributed by atoms with van der Waals surface area (Å²) in [5, 5.41) is 10.1. The van der Waals surface area contributed by atoms with Crippen molar-refractivity contribution in [2.24, 2.45) is 5.73 Å². The van der Waals surface area contributed by atoms with Gasteiger partial charge < -0.3 is 10.8 Å². The number of aryl methyl sites for hydroxylation is 1. The Bertz CT molecular complexity index is 383. The van der Waals surface area contributed by atoms with Crippen molar-refractivity contribution < 1.29 is 5.11 Å². The number of hydrogen-bond acceptors (Lipinski definition) is 2. The molecule has 82 valence electrons. The molecule has 0 aromatic heterocycles. The topological polar surface area (TPSA) is 46.2 Å². The molecule has 1 aliphatic rings. The Kier molecular flexibility index (Phi) is 2.77. The molecule has 15 heavy (non-hydrogen) atoms. The van der Waals surface area contributed by atoms with E-state index in [4.69, 9.17) is 5.73 Å². The third-order valence-corrected chi connectivity index (χ3v) is 3.98. The molecular weight excluding hydrogens is 254 g/mol. The highest BCUT2D eigenvalue weighted by molar-refractivity contribution is 9.10. The number of hydrogen-bond donors (Lipinski definition) is 2. The molecule has 0 aliphatic heterocycles. The summed E-state index contributed by atoms with van der Waals surface area (Å²) in [5.74, 6) is 0.355. The number of benzene rings is 1. The fourth-order valence-corrected chi connectivity index (χ4v) is 3.12. The average Bonchev–Trinajstić information content (AvgIpc) is 2.60. The Hall–Kier alpha value is -0.540. The van der Waals surface area contributed by atoms with Crippen LogP contribution in [0.4, 0.5) is 0 Å². The van der Waals surface area contributed by atoms with Crippen molar-refractivity contribution >= 4 is 15.9 Å². The molecule has 0 atom stereocenters. The summed E-state index contributed by atoms with van der Waals surface area (Å²) in [6, 6.07) is 3.87. The van der Waals surface area contributed by atoms with Gasteiger partial charge in [0.05, 0.1) is 0 Å². The summed E-state index contributed by atoms with van der Waals surface area (Å²) in [4.78, 5) is 0. The lowest BCUT2D eigenvalue weighted by molar-refractivity contribution is 0.405. The number of phenols is 1. The van der Waals surface area contributed by atoms with E-state index >= 15 is 0 Å². The Morgan fingerprint density at radius 1 is 1.33 bits per heavy atom. The van der Waals surface area contributed by atoms with Gasteiger partial charge in [0.2, 0.25) is 0 Å². The molecule has 0 spiro atoms. The zero-order valence-electron chi connectivity index (χ0n) is 8.89. The van der Waals surface area contributed by atoms with E-state index in [-0.39, 0.29) is 5.54 Å². The summed E-state index contributed by atoms with van der Waals surface area (Å²) < 4.78 is 0.926. The predicted molar refractivity (Wildman–Crippen MR) is 64.9 cm³/mol. The van der Waals surface area contributed by atoms with Crippen LogP contribution < -0.4 is 5.73 Å². The summed E-state index contributed by atoms with van der Waals surface area (Å²) in [6.45, 7) is 1.91. The maximum Gasteiger partial charge on any atom is 0.124 e. The number of halogens is 1. The van der Waals surface area contributed by atoms with Gasteiger partial charge in [-0.2, -0.15) is 0 Å². The largest absolute Gasteiger partial charge is 0.507 e. The molecule has 0 radical (unpaired) electrons. The first-order valence-corrected chi connectivity index (χ1v) is 6.11. The predicted octanol–water partition coefficient (Wildman–Crippen LogP) is 3.19. The molecule has 3 heteroatoms. The number of aromatic hydroxyl groups is 1. The molecule has 1 aromatic rings. The quantitative estimate of drug-likeness (QED) is 0.823. The molecule has 0 saturated heterocycles. The molecule has 0 heterocycles. The Morgan fingerprint density at radius 2 is 1.93 bits per heavy atom. The highest BCUT2D eigenvalue weighted by atomic mass is 79.9. The van der Waals surface area contributed by atoms with Gasteiger partial charge in [-0.3, -0.25) is 0 Å². The number of rotatable bonds is 1. The third-order valence-electron chi connectivity index (χ3n) is 3.32. The molecule has 0 bridgehead atoms. The van der Waals surface area contributed by atoms with Crippen molar-refractivity contribution in [3.05, 3.63) is 27.7 Å². The molecule has 1 saturated carbocycles. The van der Waals surface area contributed by atoms with Gasteiger partial charge in [-0.25, -0.2) is 0 Å². The van der Waals surface area contributed by atoms with Crippen LogP contribution in [0.25, 0.3) is 0 Å². The highest BCUT2D eigenvalue weighted by Crippen LogP contribution is 2.44. The smallest absolute Gasteiger partial charge is 0.124 e. The zero-order chi connectivity index (χ0) is 11.1. The Morgan fingerprint density at radius 3 is 2.53 bits per heavy atom. The summed E-state index contributed by atoms with van der Waals surface area (Å²) in [7, 11) is 0. The van der Waals surface area contributed by atoms with Crippen LogP contribution in [-0.2, 0) is 5.54 Å². The lowest BCUT2D eigenvalue weighted by Crippen LogP contribution is -2.33. The molecule has 3 N–H and O–H groups in total. The zero-order valence-corrected chi connectivity index (χ0v) is 10.5. The first kappa shape index (κ1) is 11.0. The Labute approximate surface area is 98.6 Å².